The first-order chi connectivity index (χ1) is 49.5. The van der Waals surface area contributed by atoms with Crippen LogP contribution in [0.2, 0.25) is 0 Å². The Morgan fingerprint density at radius 3 is 1.40 bits per heavy atom. The van der Waals surface area contributed by atoms with E-state index in [1.165, 1.54) is 214 Å². The number of hydrogen-bond acceptors (Lipinski definition) is 0. The van der Waals surface area contributed by atoms with Crippen molar-refractivity contribution in [3.05, 3.63) is 430 Å². The molecule has 3 spiro atoms. The molecular formula is C97H55Br2N. The molecule has 5 unspecified atom stereocenters. The third-order valence-corrected chi connectivity index (χ3v) is 27.4. The molecule has 0 saturated carbocycles. The summed E-state index contributed by atoms with van der Waals surface area (Å²) in [5, 5.41) is 2.56. The van der Waals surface area contributed by atoms with E-state index in [0.717, 1.165) is 0 Å². The van der Waals surface area contributed by atoms with E-state index in [4.69, 9.17) is 0 Å². The number of rotatable bonds is 3. The number of hydrogen-bond donors (Lipinski definition) is 0. The maximum Gasteiger partial charge on any atom is 0.0754 e. The lowest BCUT2D eigenvalue weighted by atomic mass is 9.43. The highest BCUT2D eigenvalue weighted by Crippen LogP contribution is 2.79. The molecule has 1 aromatic heterocycles. The second-order valence-electron chi connectivity index (χ2n) is 29.5. The number of halogens is 2. The van der Waals surface area contributed by atoms with Gasteiger partial charge in [0.25, 0.3) is 0 Å². The third kappa shape index (κ3) is 5.92. The van der Waals surface area contributed by atoms with Gasteiger partial charge >= 0.3 is 0 Å². The first kappa shape index (κ1) is 54.0. The molecule has 16 aromatic rings. The molecule has 1 nitrogen and oxygen atoms in total. The lowest BCUT2D eigenvalue weighted by Gasteiger charge is -2.58. The molecule has 0 radical (unpaired) electrons. The minimum atomic E-state index is -0.668. The summed E-state index contributed by atoms with van der Waals surface area (Å²) in [6.07, 6.45) is 0. The Morgan fingerprint density at radius 1 is 0.260 bits per heavy atom. The highest BCUT2D eigenvalue weighted by atomic mass is 79.9. The number of benzene rings is 15. The molecule has 3 heteroatoms. The van der Waals surface area contributed by atoms with Gasteiger partial charge in [-0.1, -0.05) is 299 Å². The zero-order chi connectivity index (χ0) is 65.0. The second kappa shape index (κ2) is 18.5. The van der Waals surface area contributed by atoms with Gasteiger partial charge in [-0.25, -0.2) is 0 Å². The molecule has 0 amide bonds. The van der Waals surface area contributed by atoms with Crippen molar-refractivity contribution in [3.63, 3.8) is 0 Å². The zero-order valence-corrected chi connectivity index (χ0v) is 57.1. The van der Waals surface area contributed by atoms with E-state index in [1.54, 1.807) is 0 Å². The van der Waals surface area contributed by atoms with Gasteiger partial charge in [0.15, 0.2) is 0 Å². The van der Waals surface area contributed by atoms with Crippen molar-refractivity contribution < 1.29 is 0 Å². The number of nitrogens with zero attached hydrogens (tertiary/aromatic N) is 1. The molecule has 10 aliphatic rings. The Kier molecular flexibility index (Phi) is 9.98. The van der Waals surface area contributed by atoms with E-state index in [2.05, 4.69) is 346 Å². The van der Waals surface area contributed by atoms with Gasteiger partial charge in [0.1, 0.15) is 0 Å². The SMILES string of the molecule is Brc1ccc(-c2ccc3c(c2)C2(c4ccc(-c5cccc6c5-c5ccccc5C65c6ccccc6-c6ccc(-c7ccc(Br)c8c7C7c9ccccc9C79c7ccccc7C89)cc65)cc4-3)c3ccccc3-n3c4ccccc4c4cccc2c43)c2c1C1c3ccccc3C2c2ccccc21. The van der Waals surface area contributed by atoms with Crippen molar-refractivity contribution in [2.24, 2.45) is 0 Å². The summed E-state index contributed by atoms with van der Waals surface area (Å²) >= 11 is 8.42. The quantitative estimate of drug-likeness (QED) is 0.166. The van der Waals surface area contributed by atoms with E-state index >= 15 is 0 Å². The number of para-hydroxylation sites is 3. The Hall–Kier alpha value is -10.9. The Morgan fingerprint density at radius 2 is 0.700 bits per heavy atom. The van der Waals surface area contributed by atoms with Crippen LogP contribution in [0.3, 0.4) is 0 Å². The fraction of sp³-hybridized carbons (Fsp3) is 0.0722. The smallest absolute Gasteiger partial charge is 0.0754 e. The zero-order valence-electron chi connectivity index (χ0n) is 54.0. The van der Waals surface area contributed by atoms with E-state index in [-0.39, 0.29) is 23.2 Å². The van der Waals surface area contributed by atoms with Crippen molar-refractivity contribution in [2.45, 2.75) is 39.9 Å². The van der Waals surface area contributed by atoms with Crippen molar-refractivity contribution in [3.8, 4) is 72.4 Å². The van der Waals surface area contributed by atoms with Crippen molar-refractivity contribution >= 4 is 53.7 Å². The Labute approximate surface area is 595 Å². The molecule has 5 atom stereocenters. The van der Waals surface area contributed by atoms with Crippen LogP contribution in [0.15, 0.2) is 318 Å². The molecule has 9 aliphatic carbocycles. The fourth-order valence-electron chi connectivity index (χ4n) is 22.8. The van der Waals surface area contributed by atoms with Crippen molar-refractivity contribution in [1.29, 1.82) is 0 Å². The van der Waals surface area contributed by atoms with Gasteiger partial charge in [-0.3, -0.25) is 0 Å². The standard InChI is InChI=1S/C97H55Br2N/c98-81-47-44-56(88-86-62-21-1-3-23-64(62)87(90(81)88)65-24-4-2-22-63(65)86)53-40-43-60-70-49-52(41-46-75(70)96(80(60)50-53)76-34-14-16-38-84(76)100-83-37-15-9-20-61(83)66-29-18-36-78(96)94(66)100)55-28-17-35-77-85(55)67-25-6-11-31-72(67)95(77)71-30-10-5-19-58(71)59-42-39-54(51-79(59)95)57-45-48-82(99)91-89(57)92-68-26-7-12-32-73(68)97(92)74-33-13-8-27-69(74)93(91)97/h1-51,86-87,92-93H. The van der Waals surface area contributed by atoms with Crippen LogP contribution in [0.4, 0.5) is 0 Å². The lowest BCUT2D eigenvalue weighted by Crippen LogP contribution is -2.52. The molecule has 2 heterocycles. The average molecular weight is 1390 g/mol. The molecule has 100 heavy (non-hydrogen) atoms. The summed E-state index contributed by atoms with van der Waals surface area (Å²) in [6.45, 7) is 0. The monoisotopic (exact) mass is 1390 g/mol. The van der Waals surface area contributed by atoms with Crippen LogP contribution in [0.1, 0.15) is 135 Å². The third-order valence-electron chi connectivity index (χ3n) is 26.0. The molecule has 0 N–H and O–H groups in total. The van der Waals surface area contributed by atoms with E-state index < -0.39 is 10.8 Å². The maximum atomic E-state index is 4.22. The largest absolute Gasteiger partial charge is 0.309 e. The summed E-state index contributed by atoms with van der Waals surface area (Å²) in [6, 6.07) is 121. The van der Waals surface area contributed by atoms with Crippen LogP contribution in [0.25, 0.3) is 94.3 Å². The van der Waals surface area contributed by atoms with E-state index in [9.17, 15) is 0 Å². The normalized spacial score (nSPS) is 21.4. The highest BCUT2D eigenvalue weighted by molar-refractivity contribution is 9.10. The van der Waals surface area contributed by atoms with Crippen molar-refractivity contribution in [2.75, 3.05) is 0 Å². The number of aromatic nitrogens is 1. The average Bonchev–Trinajstić information content (AvgIpc) is 1.43. The lowest BCUT2D eigenvalue weighted by molar-refractivity contribution is 0.332. The molecule has 2 bridgehead atoms. The summed E-state index contributed by atoms with van der Waals surface area (Å²) in [4.78, 5) is 0. The van der Waals surface area contributed by atoms with Gasteiger partial charge in [-0.2, -0.15) is 0 Å². The predicted molar refractivity (Wildman–Crippen MR) is 412 cm³/mol. The van der Waals surface area contributed by atoms with Crippen molar-refractivity contribution in [1.82, 2.24) is 4.57 Å². The maximum absolute atomic E-state index is 4.22. The fourth-order valence-corrected chi connectivity index (χ4v) is 23.9. The summed E-state index contributed by atoms with van der Waals surface area (Å²) in [7, 11) is 0. The molecule has 0 fully saturated rings. The molecule has 0 saturated heterocycles. The van der Waals surface area contributed by atoms with Crippen LogP contribution in [-0.4, -0.2) is 4.57 Å². The first-order valence-electron chi connectivity index (χ1n) is 35.4. The Balaban J connectivity index is 0.712. The summed E-state index contributed by atoms with van der Waals surface area (Å²) < 4.78 is 4.97. The highest BCUT2D eigenvalue weighted by Gasteiger charge is 2.70. The van der Waals surface area contributed by atoms with Crippen LogP contribution in [0.5, 0.6) is 0 Å². The van der Waals surface area contributed by atoms with Crippen LogP contribution >= 0.6 is 31.9 Å². The second-order valence-corrected chi connectivity index (χ2v) is 31.3. The summed E-state index contributed by atoms with van der Waals surface area (Å²) in [5.74, 6) is 0.808. The molecule has 1 aliphatic heterocycles. The van der Waals surface area contributed by atoms with Gasteiger partial charge in [0.05, 0.1) is 27.6 Å². The number of fused-ring (bicyclic) bond motifs is 29. The van der Waals surface area contributed by atoms with Crippen LogP contribution in [-0.2, 0) is 16.2 Å². The topological polar surface area (TPSA) is 4.93 Å². The van der Waals surface area contributed by atoms with Crippen LogP contribution in [0, 0.1) is 0 Å². The van der Waals surface area contributed by atoms with Crippen LogP contribution < -0.4 is 0 Å². The van der Waals surface area contributed by atoms with E-state index in [0.29, 0.717) is 5.92 Å². The first-order valence-corrected chi connectivity index (χ1v) is 37.0. The molecule has 26 rings (SSSR count). The van der Waals surface area contributed by atoms with E-state index in [1.807, 2.05) is 0 Å². The van der Waals surface area contributed by atoms with Gasteiger partial charge in [0.2, 0.25) is 0 Å². The minimum Gasteiger partial charge on any atom is -0.309 e. The van der Waals surface area contributed by atoms with Gasteiger partial charge in [-0.15, -0.1) is 0 Å². The molecule has 462 valence electrons. The molecule has 15 aromatic carbocycles. The minimum absolute atomic E-state index is 0.0527. The Bertz CT molecular complexity index is 6530. The van der Waals surface area contributed by atoms with Gasteiger partial charge in [-0.05, 0) is 220 Å². The van der Waals surface area contributed by atoms with Gasteiger partial charge < -0.3 is 4.57 Å². The predicted octanol–water partition coefficient (Wildman–Crippen LogP) is 24.2. The summed E-state index contributed by atoms with van der Waals surface area (Å²) in [5.41, 5.74) is 45.9. The molecular weight excluding hydrogens is 1340 g/mol. The van der Waals surface area contributed by atoms with Gasteiger partial charge in [0, 0.05) is 48.8 Å².